The first-order chi connectivity index (χ1) is 13.6. The lowest BCUT2D eigenvalue weighted by atomic mass is 9.73. The van der Waals surface area contributed by atoms with Crippen molar-refractivity contribution in [3.63, 3.8) is 0 Å². The maximum Gasteiger partial charge on any atom is 0.238 e. The van der Waals surface area contributed by atoms with E-state index >= 15 is 0 Å². The predicted molar refractivity (Wildman–Crippen MR) is 127 cm³/mol. The van der Waals surface area contributed by atoms with E-state index in [1.807, 2.05) is 13.8 Å². The maximum absolute atomic E-state index is 12.5. The second-order valence-electron chi connectivity index (χ2n) is 10.5. The summed E-state index contributed by atoms with van der Waals surface area (Å²) in [5.41, 5.74) is 0. The highest BCUT2D eigenvalue weighted by atomic mass is 19.3. The number of hydrogen-bond donors (Lipinski definition) is 0. The van der Waals surface area contributed by atoms with Gasteiger partial charge in [0.2, 0.25) is 6.43 Å². The summed E-state index contributed by atoms with van der Waals surface area (Å²) in [5, 5.41) is 0. The van der Waals surface area contributed by atoms with E-state index in [0.29, 0.717) is 17.8 Å². The van der Waals surface area contributed by atoms with Crippen LogP contribution >= 0.6 is 0 Å². The molecule has 0 aromatic carbocycles. The van der Waals surface area contributed by atoms with E-state index in [4.69, 9.17) is 0 Å². The second-order valence-corrected chi connectivity index (χ2v) is 10.5. The van der Waals surface area contributed by atoms with Gasteiger partial charge >= 0.3 is 0 Å². The molecule has 0 heterocycles. The van der Waals surface area contributed by atoms with E-state index in [1.54, 1.807) is 0 Å². The Morgan fingerprint density at radius 2 is 0.966 bits per heavy atom. The topological polar surface area (TPSA) is 0 Å². The van der Waals surface area contributed by atoms with Gasteiger partial charge in [-0.25, -0.2) is 8.78 Å². The molecule has 176 valence electrons. The minimum Gasteiger partial charge on any atom is -0.211 e. The van der Waals surface area contributed by atoms with Crippen molar-refractivity contribution in [3.05, 3.63) is 0 Å². The standard InChI is InChI=1S/C13H24F2.C12H24.C2H6/c1-9(2)13-10(3)6-4-5-7-11(13)8-12(14)15;1-9(2)12-10(3)7-5-6-8-11(12)4;1-2/h9-13H,4-8H2,1-3H3;9-12H,5-8H2,1-4H3;1-2H3. The fourth-order valence-electron chi connectivity index (χ4n) is 6.62. The minimum absolute atomic E-state index is 0.118. The van der Waals surface area contributed by atoms with Crippen molar-refractivity contribution in [2.45, 2.75) is 127 Å². The van der Waals surface area contributed by atoms with E-state index in [0.717, 1.165) is 36.5 Å². The molecule has 0 aromatic heterocycles. The molecular weight excluding hydrogens is 362 g/mol. The van der Waals surface area contributed by atoms with E-state index in [9.17, 15) is 8.78 Å². The summed E-state index contributed by atoms with van der Waals surface area (Å²) >= 11 is 0. The molecule has 5 atom stereocenters. The fourth-order valence-corrected chi connectivity index (χ4v) is 6.62. The minimum atomic E-state index is -2.12. The van der Waals surface area contributed by atoms with Gasteiger partial charge in [0.05, 0.1) is 0 Å². The molecule has 2 rings (SSSR count). The van der Waals surface area contributed by atoms with Gasteiger partial charge in [0.15, 0.2) is 0 Å². The van der Waals surface area contributed by atoms with E-state index in [-0.39, 0.29) is 12.3 Å². The summed E-state index contributed by atoms with van der Waals surface area (Å²) in [6.07, 6.45) is 8.47. The normalized spacial score (nSPS) is 33.3. The van der Waals surface area contributed by atoms with E-state index in [2.05, 4.69) is 48.5 Å². The van der Waals surface area contributed by atoms with Gasteiger partial charge in [-0.15, -0.1) is 0 Å². The summed E-state index contributed by atoms with van der Waals surface area (Å²) in [7, 11) is 0. The monoisotopic (exact) mass is 416 g/mol. The van der Waals surface area contributed by atoms with Gasteiger partial charge in [-0.3, -0.25) is 0 Å². The first-order valence-electron chi connectivity index (χ1n) is 12.9. The maximum atomic E-state index is 12.5. The molecule has 5 unspecified atom stereocenters. The van der Waals surface area contributed by atoms with E-state index in [1.165, 1.54) is 38.5 Å². The zero-order chi connectivity index (χ0) is 22.6. The summed E-state index contributed by atoms with van der Waals surface area (Å²) in [5.74, 6) is 5.70. The molecule has 2 saturated carbocycles. The summed E-state index contributed by atoms with van der Waals surface area (Å²) in [6.45, 7) is 20.3. The molecule has 2 heteroatoms. The van der Waals surface area contributed by atoms with Crippen molar-refractivity contribution >= 4 is 0 Å². The Hall–Kier alpha value is -0.140. The Morgan fingerprint density at radius 1 is 0.621 bits per heavy atom. The molecule has 0 aliphatic heterocycles. The van der Waals surface area contributed by atoms with Crippen LogP contribution < -0.4 is 0 Å². The van der Waals surface area contributed by atoms with Crippen LogP contribution in [0.5, 0.6) is 0 Å². The van der Waals surface area contributed by atoms with Crippen LogP contribution in [-0.4, -0.2) is 6.43 Å². The molecule has 0 spiro atoms. The first-order valence-corrected chi connectivity index (χ1v) is 12.9. The van der Waals surface area contributed by atoms with Gasteiger partial charge in [-0.05, 0) is 53.8 Å². The van der Waals surface area contributed by atoms with Crippen LogP contribution in [0.1, 0.15) is 120 Å². The molecule has 0 radical (unpaired) electrons. The molecular formula is C27H54F2. The SMILES string of the molecule is CC.CC(C)C1C(C)CCCCC1C.CC(C)C1C(C)CCCCC1CC(F)F. The molecule has 0 amide bonds. The summed E-state index contributed by atoms with van der Waals surface area (Å²) in [6, 6.07) is 0. The van der Waals surface area contributed by atoms with Crippen molar-refractivity contribution < 1.29 is 8.78 Å². The van der Waals surface area contributed by atoms with Crippen LogP contribution in [0.25, 0.3) is 0 Å². The Labute approximate surface area is 183 Å². The van der Waals surface area contributed by atoms with Gasteiger partial charge in [0.1, 0.15) is 0 Å². The second kappa shape index (κ2) is 15.6. The number of hydrogen-bond acceptors (Lipinski definition) is 0. The number of rotatable bonds is 4. The Balaban J connectivity index is 0.000000508. The summed E-state index contributed by atoms with van der Waals surface area (Å²) in [4.78, 5) is 0. The molecule has 0 saturated heterocycles. The number of halogens is 2. The van der Waals surface area contributed by atoms with E-state index < -0.39 is 6.43 Å². The lowest BCUT2D eigenvalue weighted by molar-refractivity contribution is 0.0708. The third-order valence-corrected chi connectivity index (χ3v) is 7.59. The first kappa shape index (κ1) is 28.9. The molecule has 29 heavy (non-hydrogen) atoms. The highest BCUT2D eigenvalue weighted by Gasteiger charge is 2.32. The summed E-state index contributed by atoms with van der Waals surface area (Å²) < 4.78 is 25.0. The average molecular weight is 417 g/mol. The van der Waals surface area contributed by atoms with Crippen LogP contribution in [0.2, 0.25) is 0 Å². The molecule has 0 aromatic rings. The van der Waals surface area contributed by atoms with Crippen LogP contribution in [0.4, 0.5) is 8.78 Å². The van der Waals surface area contributed by atoms with Gasteiger partial charge in [0, 0.05) is 6.42 Å². The third kappa shape index (κ3) is 10.6. The molecule has 2 aliphatic rings. The zero-order valence-electron chi connectivity index (χ0n) is 21.3. The Bertz CT molecular complexity index is 365. The fraction of sp³-hybridized carbons (Fsp3) is 1.00. The Morgan fingerprint density at radius 3 is 1.31 bits per heavy atom. The Kier molecular flexibility index (Phi) is 15.6. The van der Waals surface area contributed by atoms with Gasteiger partial charge in [-0.1, -0.05) is 107 Å². The number of alkyl halides is 2. The molecule has 2 aliphatic carbocycles. The van der Waals surface area contributed by atoms with Crippen molar-refractivity contribution in [1.82, 2.24) is 0 Å². The van der Waals surface area contributed by atoms with Gasteiger partial charge in [0.25, 0.3) is 0 Å². The molecule has 0 nitrogen and oxygen atoms in total. The highest BCUT2D eigenvalue weighted by Crippen LogP contribution is 2.40. The molecule has 0 bridgehead atoms. The van der Waals surface area contributed by atoms with Crippen molar-refractivity contribution in [3.8, 4) is 0 Å². The van der Waals surface area contributed by atoms with Crippen LogP contribution in [0, 0.1) is 47.3 Å². The van der Waals surface area contributed by atoms with Crippen LogP contribution in [0.3, 0.4) is 0 Å². The zero-order valence-corrected chi connectivity index (χ0v) is 21.3. The van der Waals surface area contributed by atoms with Gasteiger partial charge < -0.3 is 0 Å². The molecule has 0 N–H and O–H groups in total. The average Bonchev–Trinajstić information content (AvgIpc) is 2.91. The lowest BCUT2D eigenvalue weighted by Crippen LogP contribution is -2.26. The highest BCUT2D eigenvalue weighted by molar-refractivity contribution is 4.81. The molecule has 2 fully saturated rings. The van der Waals surface area contributed by atoms with Crippen LogP contribution in [0.15, 0.2) is 0 Å². The van der Waals surface area contributed by atoms with Crippen molar-refractivity contribution in [1.29, 1.82) is 0 Å². The predicted octanol–water partition coefficient (Wildman–Crippen LogP) is 9.87. The van der Waals surface area contributed by atoms with Crippen LogP contribution in [-0.2, 0) is 0 Å². The van der Waals surface area contributed by atoms with Crippen molar-refractivity contribution in [2.75, 3.05) is 0 Å². The lowest BCUT2D eigenvalue weighted by Gasteiger charge is -2.33. The third-order valence-electron chi connectivity index (χ3n) is 7.59. The quantitative estimate of drug-likeness (QED) is 0.400. The van der Waals surface area contributed by atoms with Crippen molar-refractivity contribution in [2.24, 2.45) is 47.3 Å². The largest absolute Gasteiger partial charge is 0.238 e. The van der Waals surface area contributed by atoms with Gasteiger partial charge in [-0.2, -0.15) is 0 Å². The smallest absolute Gasteiger partial charge is 0.211 e.